The number of benzene rings is 2. The van der Waals surface area contributed by atoms with Gasteiger partial charge in [-0.2, -0.15) is 0 Å². The van der Waals surface area contributed by atoms with Crippen molar-refractivity contribution in [1.29, 1.82) is 0 Å². The van der Waals surface area contributed by atoms with Gasteiger partial charge in [-0.15, -0.1) is 0 Å². The Bertz CT molecular complexity index is 811. The van der Waals surface area contributed by atoms with E-state index in [4.69, 9.17) is 9.47 Å². The normalized spacial score (nSPS) is 15.5. The number of hydrogen-bond acceptors (Lipinski definition) is 4. The fourth-order valence-electron chi connectivity index (χ4n) is 2.17. The van der Waals surface area contributed by atoms with Crippen molar-refractivity contribution in [2.24, 2.45) is 4.99 Å². The molecule has 0 radical (unpaired) electrons. The van der Waals surface area contributed by atoms with Gasteiger partial charge in [-0.25, -0.2) is 9.79 Å². The van der Waals surface area contributed by atoms with E-state index >= 15 is 0 Å². The van der Waals surface area contributed by atoms with Crippen molar-refractivity contribution in [3.8, 4) is 5.75 Å². The Hall–Kier alpha value is -2.15. The number of rotatable bonds is 4. The summed E-state index contributed by atoms with van der Waals surface area (Å²) >= 11 is 2.21. The Labute approximate surface area is 148 Å². The first-order valence-electron chi connectivity index (χ1n) is 7.17. The SMILES string of the molecule is CCOc1cccc(C=C2N=C(c3cccc(I)c3)OC2=O)c1. The quantitative estimate of drug-likeness (QED) is 0.427. The average molecular weight is 419 g/mol. The van der Waals surface area contributed by atoms with Crippen molar-refractivity contribution in [2.75, 3.05) is 6.61 Å². The van der Waals surface area contributed by atoms with Crippen molar-refractivity contribution in [3.05, 3.63) is 68.9 Å². The molecule has 0 unspecified atom stereocenters. The number of carbonyl (C=O) groups excluding carboxylic acids is 1. The van der Waals surface area contributed by atoms with Crippen LogP contribution in [0.4, 0.5) is 0 Å². The molecule has 2 aromatic carbocycles. The smallest absolute Gasteiger partial charge is 0.363 e. The standard InChI is InChI=1S/C18H14INO3/c1-2-22-15-8-3-5-12(9-15)10-16-18(21)23-17(20-16)13-6-4-7-14(19)11-13/h3-11H,2H2,1H3. The molecule has 0 fully saturated rings. The molecule has 0 N–H and O–H groups in total. The minimum atomic E-state index is -0.444. The van der Waals surface area contributed by atoms with E-state index in [0.29, 0.717) is 12.5 Å². The highest BCUT2D eigenvalue weighted by atomic mass is 127. The van der Waals surface area contributed by atoms with Crippen molar-refractivity contribution >= 4 is 40.5 Å². The van der Waals surface area contributed by atoms with Crippen molar-refractivity contribution in [1.82, 2.24) is 0 Å². The Kier molecular flexibility index (Phi) is 4.76. The number of cyclic esters (lactones) is 1. The first-order chi connectivity index (χ1) is 11.2. The summed E-state index contributed by atoms with van der Waals surface area (Å²) in [5, 5.41) is 0. The second-order valence-electron chi connectivity index (χ2n) is 4.85. The highest BCUT2D eigenvalue weighted by Crippen LogP contribution is 2.22. The summed E-state index contributed by atoms with van der Waals surface area (Å²) in [7, 11) is 0. The van der Waals surface area contributed by atoms with Crippen LogP contribution in [-0.4, -0.2) is 18.5 Å². The van der Waals surface area contributed by atoms with E-state index in [1.54, 1.807) is 6.08 Å². The number of esters is 1. The number of carbonyl (C=O) groups is 1. The molecule has 3 rings (SSSR count). The summed E-state index contributed by atoms with van der Waals surface area (Å²) < 4.78 is 11.8. The molecule has 0 amide bonds. The summed E-state index contributed by atoms with van der Waals surface area (Å²) in [4.78, 5) is 16.3. The van der Waals surface area contributed by atoms with Crippen LogP contribution in [0.1, 0.15) is 18.1 Å². The van der Waals surface area contributed by atoms with Gasteiger partial charge in [0.15, 0.2) is 5.70 Å². The van der Waals surface area contributed by atoms with Crippen molar-refractivity contribution in [2.45, 2.75) is 6.92 Å². The van der Waals surface area contributed by atoms with E-state index in [-0.39, 0.29) is 5.70 Å². The fourth-order valence-corrected chi connectivity index (χ4v) is 2.72. The Morgan fingerprint density at radius 2 is 2.04 bits per heavy atom. The molecule has 0 atom stereocenters. The third-order valence-corrected chi connectivity index (χ3v) is 3.84. The van der Waals surface area contributed by atoms with Gasteiger partial charge in [0, 0.05) is 9.13 Å². The predicted octanol–water partition coefficient (Wildman–Crippen LogP) is 4.03. The first kappa shape index (κ1) is 15.7. The molecule has 1 aliphatic rings. The first-order valence-corrected chi connectivity index (χ1v) is 8.25. The summed E-state index contributed by atoms with van der Waals surface area (Å²) in [5.41, 5.74) is 1.92. The average Bonchev–Trinajstić information content (AvgIpc) is 2.89. The number of aliphatic imine (C=N–C) groups is 1. The summed E-state index contributed by atoms with van der Waals surface area (Å²) in [6.07, 6.45) is 1.70. The monoisotopic (exact) mass is 419 g/mol. The molecule has 1 aliphatic heterocycles. The van der Waals surface area contributed by atoms with Gasteiger partial charge in [0.2, 0.25) is 5.90 Å². The van der Waals surface area contributed by atoms with Crippen molar-refractivity contribution < 1.29 is 14.3 Å². The molecule has 23 heavy (non-hydrogen) atoms. The molecule has 2 aromatic rings. The van der Waals surface area contributed by atoms with Gasteiger partial charge >= 0.3 is 5.97 Å². The Morgan fingerprint density at radius 3 is 2.83 bits per heavy atom. The molecule has 0 spiro atoms. The van der Waals surface area contributed by atoms with E-state index in [0.717, 1.165) is 20.4 Å². The van der Waals surface area contributed by atoms with E-state index < -0.39 is 5.97 Å². The van der Waals surface area contributed by atoms with E-state index in [1.807, 2.05) is 55.5 Å². The van der Waals surface area contributed by atoms with E-state index in [2.05, 4.69) is 27.6 Å². The molecule has 116 valence electrons. The lowest BCUT2D eigenvalue weighted by Crippen LogP contribution is -2.05. The van der Waals surface area contributed by atoms with Gasteiger partial charge in [0.05, 0.1) is 6.61 Å². The van der Waals surface area contributed by atoms with Crippen molar-refractivity contribution in [3.63, 3.8) is 0 Å². The lowest BCUT2D eigenvalue weighted by molar-refractivity contribution is -0.129. The van der Waals surface area contributed by atoms with Gasteiger partial charge in [-0.05, 0) is 71.5 Å². The van der Waals surface area contributed by atoms with Crippen LogP contribution >= 0.6 is 22.6 Å². The van der Waals surface area contributed by atoms with E-state index in [1.165, 1.54) is 0 Å². The highest BCUT2D eigenvalue weighted by molar-refractivity contribution is 14.1. The second-order valence-corrected chi connectivity index (χ2v) is 6.10. The van der Waals surface area contributed by atoms with Crippen LogP contribution in [0.2, 0.25) is 0 Å². The number of halogens is 1. The van der Waals surface area contributed by atoms with Crippen LogP contribution in [0.5, 0.6) is 5.75 Å². The van der Waals surface area contributed by atoms with Gasteiger partial charge in [-0.1, -0.05) is 18.2 Å². The predicted molar refractivity (Wildman–Crippen MR) is 97.4 cm³/mol. The zero-order valence-electron chi connectivity index (χ0n) is 12.5. The highest BCUT2D eigenvalue weighted by Gasteiger charge is 2.24. The molecule has 0 saturated carbocycles. The maximum Gasteiger partial charge on any atom is 0.363 e. The van der Waals surface area contributed by atoms with Crippen LogP contribution in [0.3, 0.4) is 0 Å². The maximum atomic E-state index is 12.0. The zero-order valence-corrected chi connectivity index (χ0v) is 14.6. The third kappa shape index (κ3) is 3.79. The van der Waals surface area contributed by atoms with Crippen LogP contribution in [0, 0.1) is 3.57 Å². The molecule has 5 heteroatoms. The fraction of sp³-hybridized carbons (Fsp3) is 0.111. The van der Waals surface area contributed by atoms with Gasteiger partial charge in [-0.3, -0.25) is 0 Å². The van der Waals surface area contributed by atoms with Gasteiger partial charge in [0.25, 0.3) is 0 Å². The van der Waals surface area contributed by atoms with Gasteiger partial charge in [0.1, 0.15) is 5.75 Å². The third-order valence-electron chi connectivity index (χ3n) is 3.16. The Morgan fingerprint density at radius 1 is 1.22 bits per heavy atom. The molecule has 0 saturated heterocycles. The number of ether oxygens (including phenoxy) is 2. The topological polar surface area (TPSA) is 47.9 Å². The van der Waals surface area contributed by atoms with Crippen LogP contribution in [0.15, 0.2) is 59.2 Å². The zero-order chi connectivity index (χ0) is 16.2. The molecular weight excluding hydrogens is 405 g/mol. The Balaban J connectivity index is 1.90. The van der Waals surface area contributed by atoms with Gasteiger partial charge < -0.3 is 9.47 Å². The molecule has 0 aromatic heterocycles. The van der Waals surface area contributed by atoms with Crippen LogP contribution < -0.4 is 4.74 Å². The summed E-state index contributed by atoms with van der Waals surface area (Å²) in [6, 6.07) is 15.2. The minimum absolute atomic E-state index is 0.285. The largest absolute Gasteiger partial charge is 0.494 e. The molecule has 1 heterocycles. The van der Waals surface area contributed by atoms with E-state index in [9.17, 15) is 4.79 Å². The van der Waals surface area contributed by atoms with Crippen LogP contribution in [0.25, 0.3) is 6.08 Å². The lowest BCUT2D eigenvalue weighted by Gasteiger charge is -2.03. The molecule has 0 bridgehead atoms. The summed E-state index contributed by atoms with van der Waals surface area (Å²) in [6.45, 7) is 2.52. The maximum absolute atomic E-state index is 12.0. The second kappa shape index (κ2) is 6.95. The molecule has 0 aliphatic carbocycles. The molecular formula is C18H14INO3. The number of nitrogens with zero attached hydrogens (tertiary/aromatic N) is 1. The lowest BCUT2D eigenvalue weighted by atomic mass is 10.2. The number of hydrogen-bond donors (Lipinski definition) is 0. The minimum Gasteiger partial charge on any atom is -0.494 e. The summed E-state index contributed by atoms with van der Waals surface area (Å²) in [5.74, 6) is 0.649. The molecule has 4 nitrogen and oxygen atoms in total. The van der Waals surface area contributed by atoms with Crippen LogP contribution in [-0.2, 0) is 9.53 Å².